The Hall–Kier alpha value is -2.85. The quantitative estimate of drug-likeness (QED) is 0.737. The molecule has 0 spiro atoms. The summed E-state index contributed by atoms with van der Waals surface area (Å²) in [6.07, 6.45) is 0. The fourth-order valence-electron chi connectivity index (χ4n) is 2.08. The van der Waals surface area contributed by atoms with Gasteiger partial charge in [-0.15, -0.1) is 0 Å². The fraction of sp³-hybridized carbons (Fsp3) is 0.176. The zero-order valence-corrected chi connectivity index (χ0v) is 15.1. The lowest BCUT2D eigenvalue weighted by Crippen LogP contribution is -2.41. The summed E-state index contributed by atoms with van der Waals surface area (Å²) in [5.74, 6) is -2.51. The van der Waals surface area contributed by atoms with E-state index in [0.29, 0.717) is 0 Å². The predicted molar refractivity (Wildman–Crippen MR) is 94.3 cm³/mol. The van der Waals surface area contributed by atoms with Crippen LogP contribution in [0.1, 0.15) is 0 Å². The van der Waals surface area contributed by atoms with Crippen molar-refractivity contribution in [3.63, 3.8) is 0 Å². The molecule has 2 aromatic carbocycles. The summed E-state index contributed by atoms with van der Waals surface area (Å²) in [6.45, 7) is -0.973. The van der Waals surface area contributed by atoms with Crippen molar-refractivity contribution in [1.82, 2.24) is 9.62 Å². The number of anilines is 1. The number of carbonyl (C=O) groups excluding carboxylic acids is 2. The first-order valence-electron chi connectivity index (χ1n) is 7.72. The molecule has 0 bridgehead atoms. The number of benzene rings is 2. The molecule has 0 atom stereocenters. The predicted octanol–water partition coefficient (Wildman–Crippen LogP) is 1.34. The molecular weight excluding hydrogens is 380 g/mol. The van der Waals surface area contributed by atoms with E-state index in [9.17, 15) is 26.8 Å². The van der Waals surface area contributed by atoms with Crippen LogP contribution in [0.25, 0.3) is 0 Å². The van der Waals surface area contributed by atoms with Gasteiger partial charge in [-0.2, -0.15) is 0 Å². The Balaban J connectivity index is 1.88. The van der Waals surface area contributed by atoms with Crippen molar-refractivity contribution >= 4 is 27.5 Å². The molecule has 0 aliphatic rings. The van der Waals surface area contributed by atoms with Gasteiger partial charge in [-0.25, -0.2) is 21.9 Å². The lowest BCUT2D eigenvalue weighted by Gasteiger charge is -2.17. The summed E-state index contributed by atoms with van der Waals surface area (Å²) >= 11 is 0. The molecule has 2 aromatic rings. The molecule has 0 unspecified atom stereocenters. The van der Waals surface area contributed by atoms with Gasteiger partial charge >= 0.3 is 0 Å². The Morgan fingerprint density at radius 2 is 1.67 bits per heavy atom. The number of sulfonamides is 1. The van der Waals surface area contributed by atoms with E-state index in [4.69, 9.17) is 0 Å². The second-order valence-electron chi connectivity index (χ2n) is 5.59. The second-order valence-corrected chi connectivity index (χ2v) is 7.36. The lowest BCUT2D eigenvalue weighted by atomic mass is 10.3. The van der Waals surface area contributed by atoms with Gasteiger partial charge in [-0.1, -0.05) is 12.1 Å². The van der Waals surface area contributed by atoms with Crippen LogP contribution in [0.15, 0.2) is 53.4 Å². The standard InChI is InChI=1S/C17H17F2N3O4S/c1-22(11-16(23)21-14-6-2-4-12(18)8-14)17(24)10-20-27(25,26)15-7-3-5-13(19)9-15/h2-9,20H,10-11H2,1H3,(H,21,23). The number of rotatable bonds is 7. The van der Waals surface area contributed by atoms with E-state index in [2.05, 4.69) is 5.32 Å². The van der Waals surface area contributed by atoms with Crippen molar-refractivity contribution in [3.05, 3.63) is 60.2 Å². The highest BCUT2D eigenvalue weighted by molar-refractivity contribution is 7.89. The van der Waals surface area contributed by atoms with Gasteiger partial charge in [-0.05, 0) is 36.4 Å². The van der Waals surface area contributed by atoms with E-state index in [-0.39, 0.29) is 17.1 Å². The maximum Gasteiger partial charge on any atom is 0.243 e. The van der Waals surface area contributed by atoms with Gasteiger partial charge in [0, 0.05) is 12.7 Å². The second kappa shape index (κ2) is 8.69. The molecule has 0 aromatic heterocycles. The Kier molecular flexibility index (Phi) is 6.59. The van der Waals surface area contributed by atoms with E-state index in [1.54, 1.807) is 0 Å². The molecule has 0 aliphatic heterocycles. The summed E-state index contributed by atoms with van der Waals surface area (Å²) in [5, 5.41) is 2.42. The van der Waals surface area contributed by atoms with E-state index >= 15 is 0 Å². The van der Waals surface area contributed by atoms with Crippen molar-refractivity contribution in [3.8, 4) is 0 Å². The molecule has 0 heterocycles. The molecule has 7 nitrogen and oxygen atoms in total. The number of likely N-dealkylation sites (N-methyl/N-ethyl adjacent to an activating group) is 1. The average Bonchev–Trinajstić information content (AvgIpc) is 2.59. The average molecular weight is 397 g/mol. The van der Waals surface area contributed by atoms with Crippen LogP contribution in [0.3, 0.4) is 0 Å². The SMILES string of the molecule is CN(CC(=O)Nc1cccc(F)c1)C(=O)CNS(=O)(=O)c1cccc(F)c1. The van der Waals surface area contributed by atoms with Gasteiger partial charge in [0.05, 0.1) is 18.0 Å². The van der Waals surface area contributed by atoms with Gasteiger partial charge in [0.2, 0.25) is 21.8 Å². The molecule has 144 valence electrons. The topological polar surface area (TPSA) is 95.6 Å². The smallest absolute Gasteiger partial charge is 0.243 e. The number of halogens is 2. The van der Waals surface area contributed by atoms with E-state index in [1.165, 1.54) is 37.4 Å². The van der Waals surface area contributed by atoms with Crippen molar-refractivity contribution in [2.45, 2.75) is 4.90 Å². The van der Waals surface area contributed by atoms with Crippen LogP contribution >= 0.6 is 0 Å². The first-order valence-corrected chi connectivity index (χ1v) is 9.20. The summed E-state index contributed by atoms with van der Waals surface area (Å²) in [7, 11) is -2.76. The van der Waals surface area contributed by atoms with Gasteiger partial charge < -0.3 is 10.2 Å². The number of nitrogens with zero attached hydrogens (tertiary/aromatic N) is 1. The summed E-state index contributed by atoms with van der Waals surface area (Å²) in [6, 6.07) is 9.57. The molecule has 0 radical (unpaired) electrons. The van der Waals surface area contributed by atoms with Crippen LogP contribution in [-0.2, 0) is 19.6 Å². The molecule has 27 heavy (non-hydrogen) atoms. The minimum absolute atomic E-state index is 0.229. The van der Waals surface area contributed by atoms with E-state index in [0.717, 1.165) is 23.1 Å². The highest BCUT2D eigenvalue weighted by Gasteiger charge is 2.19. The third kappa shape index (κ3) is 6.12. The molecule has 2 amide bonds. The lowest BCUT2D eigenvalue weighted by molar-refractivity contribution is -0.132. The molecule has 0 saturated carbocycles. The summed E-state index contributed by atoms with van der Waals surface area (Å²) < 4.78 is 52.4. The molecule has 0 saturated heterocycles. The zero-order chi connectivity index (χ0) is 20.0. The van der Waals surface area contributed by atoms with Gasteiger partial charge in [0.25, 0.3) is 0 Å². The monoisotopic (exact) mass is 397 g/mol. The Morgan fingerprint density at radius 1 is 1.04 bits per heavy atom. The van der Waals surface area contributed by atoms with Gasteiger partial charge in [0.15, 0.2) is 0 Å². The van der Waals surface area contributed by atoms with Crippen LogP contribution in [0, 0.1) is 11.6 Å². The van der Waals surface area contributed by atoms with Crippen LogP contribution in [0.4, 0.5) is 14.5 Å². The Labute approximate surface area is 155 Å². The minimum atomic E-state index is -4.07. The van der Waals surface area contributed by atoms with Crippen LogP contribution < -0.4 is 10.0 Å². The maximum atomic E-state index is 13.1. The molecule has 10 heteroatoms. The maximum absolute atomic E-state index is 13.1. The van der Waals surface area contributed by atoms with Gasteiger partial charge in [-0.3, -0.25) is 9.59 Å². The summed E-state index contributed by atoms with van der Waals surface area (Å²) in [5.41, 5.74) is 0.229. The molecule has 2 rings (SSSR count). The number of carbonyl (C=O) groups is 2. The van der Waals surface area contributed by atoms with Gasteiger partial charge in [0.1, 0.15) is 11.6 Å². The zero-order valence-electron chi connectivity index (χ0n) is 14.3. The van der Waals surface area contributed by atoms with Crippen LogP contribution in [0.5, 0.6) is 0 Å². The first kappa shape index (κ1) is 20.5. The Morgan fingerprint density at radius 3 is 2.30 bits per heavy atom. The Bertz CT molecular complexity index is 951. The van der Waals surface area contributed by atoms with E-state index < -0.39 is 40.0 Å². The van der Waals surface area contributed by atoms with Crippen molar-refractivity contribution in [2.75, 3.05) is 25.5 Å². The minimum Gasteiger partial charge on any atom is -0.335 e. The number of hydrogen-bond donors (Lipinski definition) is 2. The molecule has 0 aliphatic carbocycles. The van der Waals surface area contributed by atoms with Crippen molar-refractivity contribution in [2.24, 2.45) is 0 Å². The van der Waals surface area contributed by atoms with Crippen molar-refractivity contribution in [1.29, 1.82) is 0 Å². The molecular formula is C17H17F2N3O4S. The number of hydrogen-bond acceptors (Lipinski definition) is 4. The third-order valence-electron chi connectivity index (χ3n) is 3.43. The van der Waals surface area contributed by atoms with Crippen LogP contribution in [-0.4, -0.2) is 45.3 Å². The number of nitrogens with one attached hydrogen (secondary N) is 2. The molecule has 2 N–H and O–H groups in total. The normalized spacial score (nSPS) is 11.1. The highest BCUT2D eigenvalue weighted by atomic mass is 32.2. The largest absolute Gasteiger partial charge is 0.335 e. The number of amides is 2. The fourth-order valence-corrected chi connectivity index (χ4v) is 3.09. The van der Waals surface area contributed by atoms with Crippen LogP contribution in [0.2, 0.25) is 0 Å². The summed E-state index contributed by atoms with van der Waals surface area (Å²) in [4.78, 5) is 24.6. The first-order chi connectivity index (χ1) is 12.7. The third-order valence-corrected chi connectivity index (χ3v) is 4.83. The van der Waals surface area contributed by atoms with E-state index in [1.807, 2.05) is 4.72 Å². The molecule has 0 fully saturated rings. The highest BCUT2D eigenvalue weighted by Crippen LogP contribution is 2.10. The van der Waals surface area contributed by atoms with Crippen molar-refractivity contribution < 1.29 is 26.8 Å².